The SMILES string of the molecule is Cc1ccc(CN2C(=O)c3ccccc3C[C@]2(C)C(=O)NCc2ccccc2)cc1. The zero-order chi connectivity index (χ0) is 21.1. The number of amides is 2. The second-order valence-corrected chi connectivity index (χ2v) is 8.15. The van der Waals surface area contributed by atoms with E-state index >= 15 is 0 Å². The molecule has 1 heterocycles. The molecule has 1 N–H and O–H groups in total. The minimum Gasteiger partial charge on any atom is -0.350 e. The molecule has 152 valence electrons. The first-order valence-corrected chi connectivity index (χ1v) is 10.2. The molecule has 0 unspecified atom stereocenters. The summed E-state index contributed by atoms with van der Waals surface area (Å²) in [6.45, 7) is 4.73. The molecular formula is C26H26N2O2. The molecular weight excluding hydrogens is 372 g/mol. The highest BCUT2D eigenvalue weighted by Crippen LogP contribution is 2.33. The van der Waals surface area contributed by atoms with Gasteiger partial charge in [-0.05, 0) is 36.6 Å². The Hall–Kier alpha value is -3.40. The van der Waals surface area contributed by atoms with E-state index in [0.717, 1.165) is 22.3 Å². The maximum atomic E-state index is 13.4. The molecule has 1 atom stereocenters. The number of carbonyl (C=O) groups is 2. The lowest BCUT2D eigenvalue weighted by Crippen LogP contribution is -2.62. The Balaban J connectivity index is 1.65. The van der Waals surface area contributed by atoms with Gasteiger partial charge >= 0.3 is 0 Å². The summed E-state index contributed by atoms with van der Waals surface area (Å²) in [6, 6.07) is 25.5. The third-order valence-electron chi connectivity index (χ3n) is 5.87. The molecule has 1 aliphatic rings. The number of hydrogen-bond acceptors (Lipinski definition) is 2. The Morgan fingerprint density at radius 2 is 1.60 bits per heavy atom. The predicted molar refractivity (Wildman–Crippen MR) is 118 cm³/mol. The molecule has 0 aliphatic carbocycles. The van der Waals surface area contributed by atoms with E-state index in [4.69, 9.17) is 0 Å². The van der Waals surface area contributed by atoms with Crippen LogP contribution < -0.4 is 5.32 Å². The van der Waals surface area contributed by atoms with Crippen LogP contribution in [0.5, 0.6) is 0 Å². The van der Waals surface area contributed by atoms with Crippen molar-refractivity contribution in [1.82, 2.24) is 10.2 Å². The number of carbonyl (C=O) groups excluding carboxylic acids is 2. The maximum Gasteiger partial charge on any atom is 0.255 e. The number of rotatable bonds is 5. The maximum absolute atomic E-state index is 13.4. The van der Waals surface area contributed by atoms with Crippen LogP contribution in [0.25, 0.3) is 0 Å². The smallest absolute Gasteiger partial charge is 0.255 e. The van der Waals surface area contributed by atoms with Crippen molar-refractivity contribution in [2.75, 3.05) is 0 Å². The van der Waals surface area contributed by atoms with E-state index in [0.29, 0.717) is 25.1 Å². The van der Waals surface area contributed by atoms with E-state index in [2.05, 4.69) is 5.32 Å². The van der Waals surface area contributed by atoms with E-state index in [9.17, 15) is 9.59 Å². The molecule has 4 heteroatoms. The summed E-state index contributed by atoms with van der Waals surface area (Å²) in [7, 11) is 0. The van der Waals surface area contributed by atoms with Crippen LogP contribution in [0, 0.1) is 6.92 Å². The van der Waals surface area contributed by atoms with Gasteiger partial charge in [0.1, 0.15) is 5.54 Å². The lowest BCUT2D eigenvalue weighted by molar-refractivity contribution is -0.132. The van der Waals surface area contributed by atoms with E-state index in [-0.39, 0.29) is 11.8 Å². The summed E-state index contributed by atoms with van der Waals surface area (Å²) in [5.74, 6) is -0.240. The van der Waals surface area contributed by atoms with Crippen molar-refractivity contribution in [1.29, 1.82) is 0 Å². The van der Waals surface area contributed by atoms with Gasteiger partial charge in [-0.2, -0.15) is 0 Å². The molecule has 3 aromatic rings. The van der Waals surface area contributed by atoms with Crippen molar-refractivity contribution in [2.24, 2.45) is 0 Å². The minimum atomic E-state index is -0.967. The van der Waals surface area contributed by atoms with E-state index in [1.165, 1.54) is 0 Å². The Kier molecular flexibility index (Phi) is 5.40. The second kappa shape index (κ2) is 8.15. The minimum absolute atomic E-state index is 0.102. The standard InChI is InChI=1S/C26H26N2O2/c1-19-12-14-21(15-13-19)18-28-24(29)23-11-7-6-10-22(23)16-26(28,2)25(30)27-17-20-8-4-3-5-9-20/h3-15H,16-18H2,1-2H3,(H,27,30)/t26-/m1/s1. The first-order chi connectivity index (χ1) is 14.5. The summed E-state index contributed by atoms with van der Waals surface area (Å²) in [5.41, 5.74) is 3.83. The van der Waals surface area contributed by atoms with Crippen LogP contribution in [-0.4, -0.2) is 22.3 Å². The highest BCUT2D eigenvalue weighted by molar-refractivity contribution is 6.02. The number of benzene rings is 3. The molecule has 0 radical (unpaired) electrons. The lowest BCUT2D eigenvalue weighted by atomic mass is 9.82. The van der Waals surface area contributed by atoms with Gasteiger partial charge < -0.3 is 10.2 Å². The van der Waals surface area contributed by atoms with Crippen LogP contribution in [0.15, 0.2) is 78.9 Å². The molecule has 0 fully saturated rings. The predicted octanol–water partition coefficient (Wildman–Crippen LogP) is 4.27. The number of aryl methyl sites for hydroxylation is 1. The molecule has 3 aromatic carbocycles. The van der Waals surface area contributed by atoms with Gasteiger partial charge in [-0.15, -0.1) is 0 Å². The van der Waals surface area contributed by atoms with Gasteiger partial charge in [-0.1, -0.05) is 78.4 Å². The van der Waals surface area contributed by atoms with Crippen molar-refractivity contribution in [3.63, 3.8) is 0 Å². The van der Waals surface area contributed by atoms with Crippen LogP contribution in [0.3, 0.4) is 0 Å². The normalized spacial score (nSPS) is 18.1. The molecule has 0 saturated heterocycles. The summed E-state index contributed by atoms with van der Waals surface area (Å²) >= 11 is 0. The Labute approximate surface area is 177 Å². The summed E-state index contributed by atoms with van der Waals surface area (Å²) < 4.78 is 0. The number of nitrogens with one attached hydrogen (secondary N) is 1. The van der Waals surface area contributed by atoms with Crippen molar-refractivity contribution >= 4 is 11.8 Å². The van der Waals surface area contributed by atoms with Crippen LogP contribution in [0.4, 0.5) is 0 Å². The van der Waals surface area contributed by atoms with Gasteiger partial charge in [0.2, 0.25) is 5.91 Å². The molecule has 4 nitrogen and oxygen atoms in total. The number of nitrogens with zero attached hydrogens (tertiary/aromatic N) is 1. The Morgan fingerprint density at radius 3 is 2.33 bits per heavy atom. The van der Waals surface area contributed by atoms with Crippen LogP contribution in [-0.2, 0) is 24.3 Å². The fraction of sp³-hybridized carbons (Fsp3) is 0.231. The van der Waals surface area contributed by atoms with Crippen molar-refractivity contribution in [3.05, 3.63) is 107 Å². The largest absolute Gasteiger partial charge is 0.350 e. The van der Waals surface area contributed by atoms with E-state index in [1.807, 2.05) is 92.7 Å². The molecule has 0 aromatic heterocycles. The van der Waals surface area contributed by atoms with Gasteiger partial charge in [-0.25, -0.2) is 0 Å². The summed E-state index contributed by atoms with van der Waals surface area (Å²) in [4.78, 5) is 28.5. The van der Waals surface area contributed by atoms with Crippen molar-refractivity contribution < 1.29 is 9.59 Å². The summed E-state index contributed by atoms with van der Waals surface area (Å²) in [6.07, 6.45) is 0.487. The first-order valence-electron chi connectivity index (χ1n) is 10.2. The van der Waals surface area contributed by atoms with E-state index in [1.54, 1.807) is 4.90 Å². The topological polar surface area (TPSA) is 49.4 Å². The zero-order valence-corrected chi connectivity index (χ0v) is 17.4. The molecule has 4 rings (SSSR count). The van der Waals surface area contributed by atoms with Gasteiger partial charge in [0.05, 0.1) is 0 Å². The molecule has 1 aliphatic heterocycles. The van der Waals surface area contributed by atoms with Gasteiger partial charge in [0.15, 0.2) is 0 Å². The van der Waals surface area contributed by atoms with Crippen LogP contribution >= 0.6 is 0 Å². The zero-order valence-electron chi connectivity index (χ0n) is 17.4. The monoisotopic (exact) mass is 398 g/mol. The molecule has 0 saturated carbocycles. The Morgan fingerprint density at radius 1 is 0.933 bits per heavy atom. The van der Waals surface area contributed by atoms with Gasteiger partial charge in [0, 0.05) is 25.1 Å². The van der Waals surface area contributed by atoms with Crippen molar-refractivity contribution in [3.8, 4) is 0 Å². The lowest BCUT2D eigenvalue weighted by Gasteiger charge is -2.44. The van der Waals surface area contributed by atoms with Crippen LogP contribution in [0.1, 0.15) is 39.5 Å². The van der Waals surface area contributed by atoms with E-state index < -0.39 is 5.54 Å². The fourth-order valence-corrected chi connectivity index (χ4v) is 4.01. The third kappa shape index (κ3) is 3.86. The highest BCUT2D eigenvalue weighted by Gasteiger charge is 2.46. The number of hydrogen-bond donors (Lipinski definition) is 1. The van der Waals surface area contributed by atoms with Gasteiger partial charge in [0.25, 0.3) is 5.91 Å². The van der Waals surface area contributed by atoms with Crippen molar-refractivity contribution in [2.45, 2.75) is 38.9 Å². The Bertz CT molecular complexity index is 1060. The molecule has 0 spiro atoms. The average molecular weight is 399 g/mol. The quantitative estimate of drug-likeness (QED) is 0.698. The highest BCUT2D eigenvalue weighted by atomic mass is 16.2. The number of fused-ring (bicyclic) bond motifs is 1. The first kappa shape index (κ1) is 19.9. The molecule has 2 amide bonds. The summed E-state index contributed by atoms with van der Waals surface area (Å²) in [5, 5.41) is 3.05. The van der Waals surface area contributed by atoms with Gasteiger partial charge in [-0.3, -0.25) is 9.59 Å². The fourth-order valence-electron chi connectivity index (χ4n) is 4.01. The molecule has 30 heavy (non-hydrogen) atoms. The van der Waals surface area contributed by atoms with Crippen LogP contribution in [0.2, 0.25) is 0 Å². The molecule has 0 bridgehead atoms. The average Bonchev–Trinajstić information content (AvgIpc) is 2.77. The second-order valence-electron chi connectivity index (χ2n) is 8.15. The third-order valence-corrected chi connectivity index (χ3v) is 5.87.